The first kappa shape index (κ1) is 16.7. The van der Waals surface area contributed by atoms with E-state index in [4.69, 9.17) is 11.6 Å². The number of carbonyl (C=O) groups is 1. The van der Waals surface area contributed by atoms with E-state index >= 15 is 0 Å². The number of benzene rings is 2. The van der Waals surface area contributed by atoms with Crippen molar-refractivity contribution in [2.24, 2.45) is 0 Å². The smallest absolute Gasteiger partial charge is 0.256 e. The van der Waals surface area contributed by atoms with Crippen molar-refractivity contribution >= 4 is 39.3 Å². The molecule has 0 radical (unpaired) electrons. The van der Waals surface area contributed by atoms with E-state index in [0.29, 0.717) is 22.9 Å². The van der Waals surface area contributed by atoms with E-state index in [1.54, 1.807) is 12.1 Å². The van der Waals surface area contributed by atoms with Crippen molar-refractivity contribution in [3.63, 3.8) is 0 Å². The molecule has 0 saturated heterocycles. The summed E-state index contributed by atoms with van der Waals surface area (Å²) in [6.07, 6.45) is 0. The number of halogens is 2. The molecule has 122 valence electrons. The van der Waals surface area contributed by atoms with Crippen LogP contribution in [0.1, 0.15) is 21.6 Å². The lowest BCUT2D eigenvalue weighted by molar-refractivity contribution is 0.102. The molecule has 0 spiro atoms. The number of aromatic nitrogens is 2. The summed E-state index contributed by atoms with van der Waals surface area (Å²) in [6, 6.07) is 16.7. The molecule has 1 amide bonds. The monoisotopic (exact) mass is 403 g/mol. The van der Waals surface area contributed by atoms with Crippen molar-refractivity contribution in [2.45, 2.75) is 13.5 Å². The Morgan fingerprint density at radius 3 is 2.50 bits per heavy atom. The predicted octanol–water partition coefficient (Wildman–Crippen LogP) is 4.91. The molecule has 1 heterocycles. The number of rotatable bonds is 4. The molecule has 3 aromatic rings. The van der Waals surface area contributed by atoms with Gasteiger partial charge in [-0.25, -0.2) is 0 Å². The zero-order chi connectivity index (χ0) is 17.1. The van der Waals surface area contributed by atoms with Gasteiger partial charge in [0.15, 0.2) is 5.82 Å². The Labute approximate surface area is 153 Å². The van der Waals surface area contributed by atoms with Gasteiger partial charge < -0.3 is 5.32 Å². The zero-order valence-electron chi connectivity index (χ0n) is 13.0. The summed E-state index contributed by atoms with van der Waals surface area (Å²) in [5, 5.41) is 7.99. The van der Waals surface area contributed by atoms with Crippen molar-refractivity contribution in [3.05, 3.63) is 80.9 Å². The Morgan fingerprint density at radius 2 is 1.83 bits per heavy atom. The molecule has 6 heteroatoms. The van der Waals surface area contributed by atoms with Crippen LogP contribution in [0.4, 0.5) is 5.82 Å². The first-order valence-electron chi connectivity index (χ1n) is 7.37. The fourth-order valence-corrected chi connectivity index (χ4v) is 2.67. The highest BCUT2D eigenvalue weighted by Gasteiger charge is 2.10. The van der Waals surface area contributed by atoms with Gasteiger partial charge in [-0.3, -0.25) is 9.48 Å². The van der Waals surface area contributed by atoms with Gasteiger partial charge in [0.2, 0.25) is 0 Å². The number of anilines is 1. The summed E-state index contributed by atoms with van der Waals surface area (Å²) in [5.41, 5.74) is 2.65. The highest BCUT2D eigenvalue weighted by Crippen LogP contribution is 2.16. The van der Waals surface area contributed by atoms with Crippen molar-refractivity contribution in [3.8, 4) is 0 Å². The van der Waals surface area contributed by atoms with E-state index in [2.05, 4.69) is 26.3 Å². The van der Waals surface area contributed by atoms with Gasteiger partial charge in [-0.15, -0.1) is 0 Å². The van der Waals surface area contributed by atoms with Gasteiger partial charge in [-0.05, 0) is 48.9 Å². The Kier molecular flexibility index (Phi) is 5.02. The molecule has 4 nitrogen and oxygen atoms in total. The van der Waals surface area contributed by atoms with Crippen molar-refractivity contribution in [2.75, 3.05) is 5.32 Å². The van der Waals surface area contributed by atoms with Crippen LogP contribution in [-0.2, 0) is 6.54 Å². The minimum absolute atomic E-state index is 0.182. The average Bonchev–Trinajstić information content (AvgIpc) is 2.89. The van der Waals surface area contributed by atoms with E-state index in [0.717, 1.165) is 15.7 Å². The largest absolute Gasteiger partial charge is 0.305 e. The summed E-state index contributed by atoms with van der Waals surface area (Å²) in [5.74, 6) is 0.355. The minimum Gasteiger partial charge on any atom is -0.305 e. The van der Waals surface area contributed by atoms with Gasteiger partial charge in [-0.2, -0.15) is 5.10 Å². The van der Waals surface area contributed by atoms with Gasteiger partial charge in [-0.1, -0.05) is 39.7 Å². The van der Waals surface area contributed by atoms with Crippen LogP contribution in [0.5, 0.6) is 0 Å². The van der Waals surface area contributed by atoms with E-state index in [9.17, 15) is 4.79 Å². The topological polar surface area (TPSA) is 46.9 Å². The third kappa shape index (κ3) is 4.04. The third-order valence-electron chi connectivity index (χ3n) is 3.57. The van der Waals surface area contributed by atoms with Crippen LogP contribution in [0.2, 0.25) is 5.02 Å². The van der Waals surface area contributed by atoms with Gasteiger partial charge in [0.05, 0.1) is 6.54 Å². The van der Waals surface area contributed by atoms with E-state index in [1.807, 2.05) is 54.1 Å². The molecule has 0 fully saturated rings. The molecular formula is C18H15BrClN3O. The molecule has 2 aromatic carbocycles. The summed E-state index contributed by atoms with van der Waals surface area (Å²) in [6.45, 7) is 2.58. The van der Waals surface area contributed by atoms with Crippen molar-refractivity contribution < 1.29 is 4.79 Å². The summed E-state index contributed by atoms with van der Waals surface area (Å²) in [4.78, 5) is 12.3. The number of carbonyl (C=O) groups excluding carboxylic acids is 1. The third-order valence-corrected chi connectivity index (χ3v) is 4.36. The fraction of sp³-hybridized carbons (Fsp3) is 0.111. The lowest BCUT2D eigenvalue weighted by Gasteiger charge is -2.05. The minimum atomic E-state index is -0.182. The molecule has 0 bridgehead atoms. The first-order valence-corrected chi connectivity index (χ1v) is 8.54. The average molecular weight is 405 g/mol. The van der Waals surface area contributed by atoms with E-state index in [-0.39, 0.29) is 5.91 Å². The number of hydrogen-bond donors (Lipinski definition) is 1. The molecule has 0 aliphatic heterocycles. The molecule has 1 aromatic heterocycles. The Hall–Kier alpha value is -2.11. The number of hydrogen-bond acceptors (Lipinski definition) is 2. The SMILES string of the molecule is Cc1cc(NC(=O)c2ccc(Br)cc2)nn1Cc1ccc(Cl)cc1. The van der Waals surface area contributed by atoms with Gasteiger partial charge >= 0.3 is 0 Å². The van der Waals surface area contributed by atoms with Crippen molar-refractivity contribution in [1.82, 2.24) is 9.78 Å². The number of nitrogens with one attached hydrogen (secondary N) is 1. The van der Waals surface area contributed by atoms with Gasteiger partial charge in [0.1, 0.15) is 0 Å². The number of aryl methyl sites for hydroxylation is 1. The first-order chi connectivity index (χ1) is 11.5. The molecular weight excluding hydrogens is 390 g/mol. The van der Waals surface area contributed by atoms with Crippen LogP contribution in [0.15, 0.2) is 59.1 Å². The van der Waals surface area contributed by atoms with Crippen LogP contribution < -0.4 is 5.32 Å². The maximum absolute atomic E-state index is 12.3. The van der Waals surface area contributed by atoms with Crippen molar-refractivity contribution in [1.29, 1.82) is 0 Å². The lowest BCUT2D eigenvalue weighted by atomic mass is 10.2. The fourth-order valence-electron chi connectivity index (χ4n) is 2.28. The normalized spacial score (nSPS) is 10.6. The Bertz CT molecular complexity index is 857. The highest BCUT2D eigenvalue weighted by atomic mass is 79.9. The molecule has 24 heavy (non-hydrogen) atoms. The maximum atomic E-state index is 12.3. The zero-order valence-corrected chi connectivity index (χ0v) is 15.3. The molecule has 0 aliphatic carbocycles. The van der Waals surface area contributed by atoms with Gasteiger partial charge in [0.25, 0.3) is 5.91 Å². The van der Waals surface area contributed by atoms with Gasteiger partial charge in [0, 0.05) is 26.8 Å². The van der Waals surface area contributed by atoms with E-state index < -0.39 is 0 Å². The highest BCUT2D eigenvalue weighted by molar-refractivity contribution is 9.10. The molecule has 0 saturated carbocycles. The Morgan fingerprint density at radius 1 is 1.17 bits per heavy atom. The van der Waals surface area contributed by atoms with Crippen LogP contribution in [-0.4, -0.2) is 15.7 Å². The van der Waals surface area contributed by atoms with Crippen LogP contribution in [0, 0.1) is 6.92 Å². The van der Waals surface area contributed by atoms with E-state index in [1.165, 1.54) is 0 Å². The summed E-state index contributed by atoms with van der Waals surface area (Å²) in [7, 11) is 0. The Balaban J connectivity index is 1.72. The molecule has 1 N–H and O–H groups in total. The maximum Gasteiger partial charge on any atom is 0.256 e. The number of nitrogens with zero attached hydrogens (tertiary/aromatic N) is 2. The summed E-state index contributed by atoms with van der Waals surface area (Å²) < 4.78 is 2.78. The van der Waals surface area contributed by atoms with Crippen LogP contribution in [0.25, 0.3) is 0 Å². The quantitative estimate of drug-likeness (QED) is 0.672. The summed E-state index contributed by atoms with van der Waals surface area (Å²) >= 11 is 9.26. The molecule has 3 rings (SSSR count). The standard InChI is InChI=1S/C18H15BrClN3O/c1-12-10-17(21-18(24)14-4-6-15(19)7-5-14)22-23(12)11-13-2-8-16(20)9-3-13/h2-10H,11H2,1H3,(H,21,22,24). The predicted molar refractivity (Wildman–Crippen MR) is 99.6 cm³/mol. The second kappa shape index (κ2) is 7.20. The molecule has 0 unspecified atom stereocenters. The van der Waals surface area contributed by atoms with Crippen LogP contribution in [0.3, 0.4) is 0 Å². The number of amides is 1. The molecule has 0 atom stereocenters. The van der Waals surface area contributed by atoms with Crippen LogP contribution >= 0.6 is 27.5 Å². The second-order valence-corrected chi connectivity index (χ2v) is 6.77. The lowest BCUT2D eigenvalue weighted by Crippen LogP contribution is -2.12. The second-order valence-electron chi connectivity index (χ2n) is 5.42. The molecule has 0 aliphatic rings.